The summed E-state index contributed by atoms with van der Waals surface area (Å²) in [6.45, 7) is 9.03. The molecule has 0 saturated carbocycles. The second-order valence-corrected chi connectivity index (χ2v) is 6.12. The van der Waals surface area contributed by atoms with Crippen LogP contribution >= 0.6 is 11.3 Å². The number of rotatable bonds is 7. The highest BCUT2D eigenvalue weighted by molar-refractivity contribution is 7.13. The van der Waals surface area contributed by atoms with Gasteiger partial charge in [0.1, 0.15) is 17.4 Å². The van der Waals surface area contributed by atoms with Gasteiger partial charge in [0.05, 0.1) is 0 Å². The molecule has 4 heteroatoms. The minimum Gasteiger partial charge on any atom is -0.492 e. The highest BCUT2D eigenvalue weighted by atomic mass is 32.1. The molecule has 1 N–H and O–H groups in total. The fourth-order valence-corrected chi connectivity index (χ4v) is 2.62. The van der Waals surface area contributed by atoms with Crippen molar-refractivity contribution in [3.63, 3.8) is 0 Å². The van der Waals surface area contributed by atoms with Crippen molar-refractivity contribution >= 4 is 11.3 Å². The van der Waals surface area contributed by atoms with Gasteiger partial charge in [0, 0.05) is 23.2 Å². The van der Waals surface area contributed by atoms with E-state index in [1.54, 1.807) is 11.3 Å². The van der Waals surface area contributed by atoms with Gasteiger partial charge in [-0.1, -0.05) is 13.8 Å². The Morgan fingerprint density at radius 1 is 1.25 bits per heavy atom. The molecule has 0 amide bonds. The van der Waals surface area contributed by atoms with E-state index in [9.17, 15) is 0 Å². The van der Waals surface area contributed by atoms with Gasteiger partial charge in [-0.3, -0.25) is 0 Å². The van der Waals surface area contributed by atoms with Crippen molar-refractivity contribution in [2.24, 2.45) is 5.92 Å². The van der Waals surface area contributed by atoms with E-state index in [1.165, 1.54) is 0 Å². The molecule has 3 nitrogen and oxygen atoms in total. The fraction of sp³-hybridized carbons (Fsp3) is 0.438. The molecule has 20 heavy (non-hydrogen) atoms. The molecule has 0 aliphatic heterocycles. The molecule has 1 aromatic carbocycles. The Labute approximate surface area is 125 Å². The number of nitrogens with one attached hydrogen (secondary N) is 1. The lowest BCUT2D eigenvalue weighted by Gasteiger charge is -2.09. The van der Waals surface area contributed by atoms with Gasteiger partial charge in [-0.25, -0.2) is 4.98 Å². The molecule has 0 bridgehead atoms. The largest absolute Gasteiger partial charge is 0.492 e. The molecule has 0 aliphatic carbocycles. The summed E-state index contributed by atoms with van der Waals surface area (Å²) in [6, 6.07) is 8.15. The number of thiazole rings is 1. The molecule has 1 aromatic heterocycles. The molecule has 0 unspecified atom stereocenters. The van der Waals surface area contributed by atoms with Crippen LogP contribution in [0, 0.1) is 12.8 Å². The van der Waals surface area contributed by atoms with Gasteiger partial charge in [-0.2, -0.15) is 0 Å². The van der Waals surface area contributed by atoms with Crippen LogP contribution in [0.3, 0.4) is 0 Å². The number of benzene rings is 1. The predicted molar refractivity (Wildman–Crippen MR) is 85.5 cm³/mol. The van der Waals surface area contributed by atoms with E-state index >= 15 is 0 Å². The van der Waals surface area contributed by atoms with Crippen molar-refractivity contribution in [1.29, 1.82) is 0 Å². The number of aryl methyl sites for hydroxylation is 1. The highest BCUT2D eigenvalue weighted by Gasteiger charge is 2.02. The first-order chi connectivity index (χ1) is 9.65. The summed E-state index contributed by atoms with van der Waals surface area (Å²) < 4.78 is 5.70. The summed E-state index contributed by atoms with van der Waals surface area (Å²) in [5.41, 5.74) is 2.22. The zero-order valence-electron chi connectivity index (χ0n) is 12.3. The third kappa shape index (κ3) is 4.62. The number of aromatic nitrogens is 1. The van der Waals surface area contributed by atoms with Crippen molar-refractivity contribution in [2.75, 3.05) is 19.7 Å². The Bertz CT molecular complexity index is 520. The van der Waals surface area contributed by atoms with Crippen LogP contribution < -0.4 is 10.1 Å². The molecule has 0 atom stereocenters. The lowest BCUT2D eigenvalue weighted by atomic mass is 10.2. The van der Waals surface area contributed by atoms with Gasteiger partial charge in [-0.15, -0.1) is 11.3 Å². The van der Waals surface area contributed by atoms with Crippen LogP contribution in [0.15, 0.2) is 29.6 Å². The topological polar surface area (TPSA) is 34.1 Å². The number of ether oxygens (including phenoxy) is 1. The van der Waals surface area contributed by atoms with Gasteiger partial charge in [0.25, 0.3) is 0 Å². The quantitative estimate of drug-likeness (QED) is 0.789. The monoisotopic (exact) mass is 290 g/mol. The second-order valence-electron chi connectivity index (χ2n) is 5.26. The minimum absolute atomic E-state index is 0.677. The summed E-state index contributed by atoms with van der Waals surface area (Å²) in [5, 5.41) is 6.49. The van der Waals surface area contributed by atoms with Crippen LogP contribution in [-0.2, 0) is 0 Å². The standard InChI is InChI=1S/C16H22N2OS/c1-12(2)10-17-8-9-19-15-6-4-14(5-7-15)16-18-13(3)11-20-16/h4-7,11-12,17H,8-10H2,1-3H3. The van der Waals surface area contributed by atoms with Crippen molar-refractivity contribution in [2.45, 2.75) is 20.8 Å². The van der Waals surface area contributed by atoms with Gasteiger partial charge in [0.2, 0.25) is 0 Å². The molecule has 0 saturated heterocycles. The minimum atomic E-state index is 0.677. The SMILES string of the molecule is Cc1csc(-c2ccc(OCCNCC(C)C)cc2)n1. The Morgan fingerprint density at radius 3 is 2.60 bits per heavy atom. The first-order valence-corrected chi connectivity index (χ1v) is 7.89. The van der Waals surface area contributed by atoms with Crippen molar-refractivity contribution < 1.29 is 4.74 Å². The number of hydrogen-bond donors (Lipinski definition) is 1. The summed E-state index contributed by atoms with van der Waals surface area (Å²) >= 11 is 1.67. The summed E-state index contributed by atoms with van der Waals surface area (Å²) in [6.07, 6.45) is 0. The van der Waals surface area contributed by atoms with E-state index in [4.69, 9.17) is 4.74 Å². The summed E-state index contributed by atoms with van der Waals surface area (Å²) in [4.78, 5) is 4.48. The van der Waals surface area contributed by atoms with Crippen LogP contribution in [0.2, 0.25) is 0 Å². The van der Waals surface area contributed by atoms with Gasteiger partial charge in [-0.05, 0) is 43.7 Å². The molecule has 2 aromatic rings. The third-order valence-corrected chi connectivity index (χ3v) is 3.83. The maximum absolute atomic E-state index is 5.70. The zero-order chi connectivity index (χ0) is 14.4. The Kier molecular flexibility index (Phi) is 5.56. The predicted octanol–water partition coefficient (Wildman–Crippen LogP) is 3.74. The Hall–Kier alpha value is -1.39. The first kappa shape index (κ1) is 15.0. The molecule has 0 radical (unpaired) electrons. The fourth-order valence-electron chi connectivity index (χ4n) is 1.81. The molecule has 1 heterocycles. The molecular weight excluding hydrogens is 268 g/mol. The average Bonchev–Trinajstić information content (AvgIpc) is 2.85. The molecule has 0 spiro atoms. The highest BCUT2D eigenvalue weighted by Crippen LogP contribution is 2.25. The number of hydrogen-bond acceptors (Lipinski definition) is 4. The average molecular weight is 290 g/mol. The van der Waals surface area contributed by atoms with Crippen LogP contribution in [0.5, 0.6) is 5.75 Å². The molecule has 0 fully saturated rings. The Morgan fingerprint density at radius 2 is 2.00 bits per heavy atom. The normalized spacial score (nSPS) is 11.0. The van der Waals surface area contributed by atoms with Gasteiger partial charge < -0.3 is 10.1 Å². The third-order valence-electron chi connectivity index (χ3n) is 2.82. The molecular formula is C16H22N2OS. The van der Waals surface area contributed by atoms with E-state index in [1.807, 2.05) is 19.1 Å². The summed E-state index contributed by atoms with van der Waals surface area (Å²) in [5.74, 6) is 1.59. The van der Waals surface area contributed by atoms with E-state index in [-0.39, 0.29) is 0 Å². The molecule has 0 aliphatic rings. The van der Waals surface area contributed by atoms with E-state index in [0.29, 0.717) is 12.5 Å². The lowest BCUT2D eigenvalue weighted by Crippen LogP contribution is -2.24. The zero-order valence-corrected chi connectivity index (χ0v) is 13.2. The molecule has 2 rings (SSSR count). The maximum Gasteiger partial charge on any atom is 0.123 e. The summed E-state index contributed by atoms with van der Waals surface area (Å²) in [7, 11) is 0. The van der Waals surface area contributed by atoms with Crippen molar-refractivity contribution in [3.05, 3.63) is 35.3 Å². The first-order valence-electron chi connectivity index (χ1n) is 7.01. The van der Waals surface area contributed by atoms with Crippen LogP contribution in [0.4, 0.5) is 0 Å². The van der Waals surface area contributed by atoms with Crippen LogP contribution in [0.25, 0.3) is 10.6 Å². The number of nitrogens with zero attached hydrogens (tertiary/aromatic N) is 1. The van der Waals surface area contributed by atoms with E-state index in [0.717, 1.165) is 35.1 Å². The molecule has 108 valence electrons. The second kappa shape index (κ2) is 7.41. The smallest absolute Gasteiger partial charge is 0.123 e. The van der Waals surface area contributed by atoms with Crippen LogP contribution in [0.1, 0.15) is 19.5 Å². The van der Waals surface area contributed by atoms with Crippen molar-refractivity contribution in [3.8, 4) is 16.3 Å². The van der Waals surface area contributed by atoms with E-state index < -0.39 is 0 Å². The van der Waals surface area contributed by atoms with Crippen molar-refractivity contribution in [1.82, 2.24) is 10.3 Å². The van der Waals surface area contributed by atoms with Crippen LogP contribution in [-0.4, -0.2) is 24.7 Å². The Balaban J connectivity index is 1.80. The van der Waals surface area contributed by atoms with Gasteiger partial charge in [0.15, 0.2) is 0 Å². The van der Waals surface area contributed by atoms with Gasteiger partial charge >= 0.3 is 0 Å². The van der Waals surface area contributed by atoms with E-state index in [2.05, 4.69) is 41.7 Å². The lowest BCUT2D eigenvalue weighted by molar-refractivity contribution is 0.311. The maximum atomic E-state index is 5.70.